The zero-order valence-electron chi connectivity index (χ0n) is 64.4. The molecule has 3 unspecified atom stereocenters. The van der Waals surface area contributed by atoms with Crippen LogP contribution in [0.3, 0.4) is 0 Å². The summed E-state index contributed by atoms with van der Waals surface area (Å²) in [6.07, 6.45) is 60.6. The van der Waals surface area contributed by atoms with Crippen molar-refractivity contribution in [3.8, 4) is 0 Å². The van der Waals surface area contributed by atoms with E-state index in [1.54, 1.807) is 0 Å². The number of esters is 4. The van der Waals surface area contributed by atoms with E-state index in [1.165, 1.54) is 180 Å². The highest BCUT2D eigenvalue weighted by Gasteiger charge is 2.30. The zero-order valence-corrected chi connectivity index (χ0v) is 66.2. The summed E-state index contributed by atoms with van der Waals surface area (Å²) < 4.78 is 68.6. The van der Waals surface area contributed by atoms with Crippen LogP contribution in [0.2, 0.25) is 0 Å². The second-order valence-electron chi connectivity index (χ2n) is 29.3. The third kappa shape index (κ3) is 72.3. The van der Waals surface area contributed by atoms with Gasteiger partial charge in [-0.05, 0) is 69.1 Å². The lowest BCUT2D eigenvalue weighted by Crippen LogP contribution is -2.30. The summed E-state index contributed by atoms with van der Waals surface area (Å²) in [7, 11) is -9.93. The van der Waals surface area contributed by atoms with Gasteiger partial charge in [0.25, 0.3) is 0 Å². The molecule has 0 spiro atoms. The first-order valence-electron chi connectivity index (χ1n) is 40.7. The van der Waals surface area contributed by atoms with Crippen molar-refractivity contribution in [3.63, 3.8) is 0 Å². The average molecular weight is 1450 g/mol. The lowest BCUT2D eigenvalue weighted by molar-refractivity contribution is -0.161. The van der Waals surface area contributed by atoms with Crippen molar-refractivity contribution in [1.82, 2.24) is 0 Å². The molecule has 0 heterocycles. The lowest BCUT2D eigenvalue weighted by atomic mass is 10.00. The molecule has 0 amide bonds. The molecule has 0 bridgehead atoms. The Morgan fingerprint density at radius 2 is 0.596 bits per heavy atom. The van der Waals surface area contributed by atoms with Crippen molar-refractivity contribution in [3.05, 3.63) is 24.3 Å². The van der Waals surface area contributed by atoms with E-state index in [4.69, 9.17) is 37.0 Å². The maximum absolute atomic E-state index is 13.1. The molecule has 584 valence electrons. The van der Waals surface area contributed by atoms with Gasteiger partial charge in [0, 0.05) is 25.7 Å². The minimum absolute atomic E-state index is 0.0851. The van der Waals surface area contributed by atoms with Crippen LogP contribution < -0.4 is 0 Å². The highest BCUT2D eigenvalue weighted by atomic mass is 31.2. The van der Waals surface area contributed by atoms with Crippen LogP contribution in [0, 0.1) is 17.8 Å². The monoisotopic (exact) mass is 1450 g/mol. The Balaban J connectivity index is 5.24. The van der Waals surface area contributed by atoms with Crippen LogP contribution in [-0.2, 0) is 65.4 Å². The molecular formula is C80H152O17P2. The predicted octanol–water partition coefficient (Wildman–Crippen LogP) is 23.3. The van der Waals surface area contributed by atoms with Crippen LogP contribution in [-0.4, -0.2) is 96.7 Å². The minimum Gasteiger partial charge on any atom is -0.462 e. The van der Waals surface area contributed by atoms with E-state index in [9.17, 15) is 43.2 Å². The van der Waals surface area contributed by atoms with Gasteiger partial charge in [0.2, 0.25) is 0 Å². The largest absolute Gasteiger partial charge is 0.472 e. The second kappa shape index (κ2) is 69.9. The van der Waals surface area contributed by atoms with Crippen LogP contribution in [0.15, 0.2) is 24.3 Å². The number of phosphoric ester groups is 2. The van der Waals surface area contributed by atoms with Crippen molar-refractivity contribution in [2.45, 2.75) is 407 Å². The number of unbranched alkanes of at least 4 members (excludes halogenated alkanes) is 40. The van der Waals surface area contributed by atoms with E-state index in [0.717, 1.165) is 127 Å². The molecule has 0 rings (SSSR count). The van der Waals surface area contributed by atoms with Crippen LogP contribution in [0.5, 0.6) is 0 Å². The van der Waals surface area contributed by atoms with Gasteiger partial charge in [-0.1, -0.05) is 336 Å². The van der Waals surface area contributed by atoms with Gasteiger partial charge in [0.15, 0.2) is 12.2 Å². The number of carbonyl (C=O) groups excluding carboxylic acids is 4. The van der Waals surface area contributed by atoms with E-state index in [2.05, 4.69) is 72.8 Å². The van der Waals surface area contributed by atoms with Crippen LogP contribution >= 0.6 is 15.6 Å². The third-order valence-corrected chi connectivity index (χ3v) is 20.3. The van der Waals surface area contributed by atoms with E-state index in [-0.39, 0.29) is 25.7 Å². The number of hydrogen-bond donors (Lipinski definition) is 3. The van der Waals surface area contributed by atoms with E-state index in [0.29, 0.717) is 25.7 Å². The summed E-state index contributed by atoms with van der Waals surface area (Å²) >= 11 is 0. The molecule has 0 aliphatic carbocycles. The molecule has 0 aliphatic heterocycles. The Labute approximate surface area is 605 Å². The normalized spacial score (nSPS) is 14.4. The molecule has 3 N–H and O–H groups in total. The Morgan fingerprint density at radius 1 is 0.333 bits per heavy atom. The fourth-order valence-corrected chi connectivity index (χ4v) is 13.3. The highest BCUT2D eigenvalue weighted by molar-refractivity contribution is 7.47. The molecule has 0 radical (unpaired) electrons. The number of phosphoric acid groups is 2. The highest BCUT2D eigenvalue weighted by Crippen LogP contribution is 2.45. The lowest BCUT2D eigenvalue weighted by Gasteiger charge is -2.21. The van der Waals surface area contributed by atoms with Crippen molar-refractivity contribution in [2.75, 3.05) is 39.6 Å². The maximum atomic E-state index is 13.1. The Bertz CT molecular complexity index is 2020. The number of ether oxygens (including phenoxy) is 4. The van der Waals surface area contributed by atoms with Gasteiger partial charge in [-0.3, -0.25) is 37.3 Å². The molecule has 0 fully saturated rings. The number of aliphatic hydroxyl groups excluding tert-OH is 1. The minimum atomic E-state index is -4.97. The van der Waals surface area contributed by atoms with Gasteiger partial charge >= 0.3 is 39.5 Å². The molecule has 0 aromatic carbocycles. The second-order valence-corrected chi connectivity index (χ2v) is 32.2. The first-order chi connectivity index (χ1) is 47.8. The SMILES string of the molecule is CCCCCC/C=C\C=C/CCCCCCCC(=O)O[C@H](COC(=O)CCCCCCCCCCCCCCCCCCCCC(C)C)COP(=O)(O)OC[C@@H](O)COP(=O)(O)OC[C@@H](COC(=O)CCCCCCCCC(C)CC)OC(=O)CCCCCCCCCCCCC(C)C. The average Bonchev–Trinajstić information content (AvgIpc) is 1.33. The molecule has 0 saturated carbocycles. The molecule has 19 heteroatoms. The standard InChI is InChI=1S/C80H152O17P2/c1-8-10-11-12-13-14-15-16-21-26-29-35-40-49-56-63-79(84)96-75(67-90-77(82)61-54-47-39-34-28-25-23-20-18-17-19-22-24-27-32-37-44-51-58-71(3)4)69-94-98(86,87)92-65-74(81)66-93-99(88,89)95-70-76(68-91-78(83)62-55-48-43-42-46-53-60-73(7)9-2)97-80(85)64-57-50-41-36-31-30-33-38-45-52-59-72(5)6/h14-16,21,71-76,81H,8-13,17-20,22-70H2,1-7H3,(H,86,87)(H,88,89)/b15-14-,21-16-/t73?,74-,75-,76-/m1/s1. The molecule has 6 atom stereocenters. The van der Waals surface area contributed by atoms with E-state index >= 15 is 0 Å². The molecule has 17 nitrogen and oxygen atoms in total. The van der Waals surface area contributed by atoms with Crippen LogP contribution in [0.1, 0.15) is 389 Å². The quantitative estimate of drug-likeness (QED) is 0.0169. The molecule has 0 aliphatic rings. The summed E-state index contributed by atoms with van der Waals surface area (Å²) in [5.74, 6) is 0.156. The summed E-state index contributed by atoms with van der Waals surface area (Å²) in [6.45, 7) is 11.8. The van der Waals surface area contributed by atoms with Gasteiger partial charge in [0.1, 0.15) is 19.3 Å². The van der Waals surface area contributed by atoms with Crippen LogP contribution in [0.4, 0.5) is 0 Å². The smallest absolute Gasteiger partial charge is 0.462 e. The summed E-state index contributed by atoms with van der Waals surface area (Å²) in [6, 6.07) is 0. The first kappa shape index (κ1) is 96.5. The fourth-order valence-electron chi connectivity index (χ4n) is 11.7. The molecule has 99 heavy (non-hydrogen) atoms. The number of rotatable bonds is 76. The number of aliphatic hydroxyl groups is 1. The van der Waals surface area contributed by atoms with Gasteiger partial charge in [-0.2, -0.15) is 0 Å². The molecular weight excluding hydrogens is 1290 g/mol. The maximum Gasteiger partial charge on any atom is 0.472 e. The fraction of sp³-hybridized carbons (Fsp3) is 0.900. The number of hydrogen-bond acceptors (Lipinski definition) is 15. The Hall–Kier alpha value is -2.46. The Morgan fingerprint density at radius 3 is 0.899 bits per heavy atom. The van der Waals surface area contributed by atoms with Crippen LogP contribution in [0.25, 0.3) is 0 Å². The van der Waals surface area contributed by atoms with Gasteiger partial charge < -0.3 is 33.8 Å². The van der Waals surface area contributed by atoms with Crippen molar-refractivity contribution >= 4 is 39.5 Å². The zero-order chi connectivity index (χ0) is 73.0. The predicted molar refractivity (Wildman–Crippen MR) is 404 cm³/mol. The summed E-state index contributed by atoms with van der Waals surface area (Å²) in [4.78, 5) is 72.9. The van der Waals surface area contributed by atoms with Gasteiger partial charge in [-0.25, -0.2) is 9.13 Å². The first-order valence-corrected chi connectivity index (χ1v) is 43.7. The van der Waals surface area contributed by atoms with Gasteiger partial charge in [-0.15, -0.1) is 0 Å². The summed E-state index contributed by atoms with van der Waals surface area (Å²) in [5.41, 5.74) is 0. The molecule has 0 aromatic heterocycles. The van der Waals surface area contributed by atoms with Crippen molar-refractivity contribution in [1.29, 1.82) is 0 Å². The summed E-state index contributed by atoms with van der Waals surface area (Å²) in [5, 5.41) is 10.6. The topological polar surface area (TPSA) is 237 Å². The van der Waals surface area contributed by atoms with E-state index < -0.39 is 97.5 Å². The molecule has 0 aromatic rings. The third-order valence-electron chi connectivity index (χ3n) is 18.4. The Kier molecular flexibility index (Phi) is 68.1. The van der Waals surface area contributed by atoms with E-state index in [1.807, 2.05) is 0 Å². The van der Waals surface area contributed by atoms with Crippen molar-refractivity contribution in [2.24, 2.45) is 17.8 Å². The number of allylic oxidation sites excluding steroid dienone is 4. The van der Waals surface area contributed by atoms with Gasteiger partial charge in [0.05, 0.1) is 26.4 Å². The van der Waals surface area contributed by atoms with Crippen molar-refractivity contribution < 1.29 is 80.2 Å². The number of carbonyl (C=O) groups is 4. The molecule has 0 saturated heterocycles.